The van der Waals surface area contributed by atoms with Gasteiger partial charge in [-0.15, -0.1) is 23.1 Å². The first-order valence-corrected chi connectivity index (χ1v) is 9.74. The van der Waals surface area contributed by atoms with Crippen LogP contribution in [0.2, 0.25) is 0 Å². The molecule has 2 heterocycles. The van der Waals surface area contributed by atoms with E-state index in [9.17, 15) is 5.11 Å². The van der Waals surface area contributed by atoms with Crippen molar-refractivity contribution in [3.05, 3.63) is 52.7 Å². The predicted molar refractivity (Wildman–Crippen MR) is 96.2 cm³/mol. The van der Waals surface area contributed by atoms with Gasteiger partial charge in [-0.05, 0) is 36.8 Å². The molecule has 0 aliphatic heterocycles. The zero-order chi connectivity index (χ0) is 15.6. The molecular weight excluding hydrogens is 324 g/mol. The highest BCUT2D eigenvalue weighted by molar-refractivity contribution is 7.99. The van der Waals surface area contributed by atoms with Gasteiger partial charge in [0.05, 0.1) is 6.10 Å². The van der Waals surface area contributed by atoms with Crippen LogP contribution in [0, 0.1) is 0 Å². The number of fused-ring (bicyclic) bond motifs is 3. The Labute approximate surface area is 143 Å². The molecule has 3 nitrogen and oxygen atoms in total. The van der Waals surface area contributed by atoms with Gasteiger partial charge in [-0.2, -0.15) is 0 Å². The lowest BCUT2D eigenvalue weighted by Gasteiger charge is -2.13. The third-order valence-electron chi connectivity index (χ3n) is 4.28. The Morgan fingerprint density at radius 2 is 1.96 bits per heavy atom. The Bertz CT molecular complexity index is 817. The molecule has 0 radical (unpaired) electrons. The van der Waals surface area contributed by atoms with E-state index in [-0.39, 0.29) is 0 Å². The molecule has 23 heavy (non-hydrogen) atoms. The summed E-state index contributed by atoms with van der Waals surface area (Å²) in [5.74, 6) is 0.612. The standard InChI is InChI=1S/C18H18N2OS2/c21-14(12-6-2-1-3-7-12)10-22-17-16-13-8-4-5-9-15(13)23-18(16)20-11-19-17/h1-3,6-7,11,14,21H,4-5,8-10H2/t14-/m1/s1. The monoisotopic (exact) mass is 342 g/mol. The number of thioether (sulfide) groups is 1. The molecule has 0 bridgehead atoms. The van der Waals surface area contributed by atoms with Crippen LogP contribution in [0.5, 0.6) is 0 Å². The van der Waals surface area contributed by atoms with Gasteiger partial charge in [0.25, 0.3) is 0 Å². The van der Waals surface area contributed by atoms with Crippen LogP contribution in [0.3, 0.4) is 0 Å². The van der Waals surface area contributed by atoms with E-state index in [0.29, 0.717) is 5.75 Å². The second-order valence-electron chi connectivity index (χ2n) is 5.81. The van der Waals surface area contributed by atoms with Gasteiger partial charge in [0.2, 0.25) is 0 Å². The van der Waals surface area contributed by atoms with Gasteiger partial charge < -0.3 is 5.11 Å². The third-order valence-corrected chi connectivity index (χ3v) is 6.54. The molecule has 0 unspecified atom stereocenters. The number of thiophene rings is 1. The molecule has 118 valence electrons. The van der Waals surface area contributed by atoms with Crippen molar-refractivity contribution in [2.45, 2.75) is 36.8 Å². The maximum atomic E-state index is 10.4. The van der Waals surface area contributed by atoms with Gasteiger partial charge in [-0.25, -0.2) is 9.97 Å². The molecule has 5 heteroatoms. The summed E-state index contributed by atoms with van der Waals surface area (Å²) in [6.45, 7) is 0. The molecule has 1 N–H and O–H groups in total. The summed E-state index contributed by atoms with van der Waals surface area (Å²) >= 11 is 3.45. The van der Waals surface area contributed by atoms with Crippen LogP contribution < -0.4 is 0 Å². The van der Waals surface area contributed by atoms with Crippen LogP contribution in [0.15, 0.2) is 41.7 Å². The lowest BCUT2D eigenvalue weighted by atomic mass is 9.97. The summed E-state index contributed by atoms with van der Waals surface area (Å²) in [6.07, 6.45) is 6.03. The van der Waals surface area contributed by atoms with Gasteiger partial charge in [0.1, 0.15) is 16.2 Å². The van der Waals surface area contributed by atoms with Crippen LogP contribution in [0.25, 0.3) is 10.2 Å². The average molecular weight is 342 g/mol. The first-order valence-electron chi connectivity index (χ1n) is 7.94. The number of hydrogen-bond acceptors (Lipinski definition) is 5. The van der Waals surface area contributed by atoms with E-state index in [4.69, 9.17) is 0 Å². The van der Waals surface area contributed by atoms with Crippen LogP contribution >= 0.6 is 23.1 Å². The lowest BCUT2D eigenvalue weighted by molar-refractivity contribution is 0.204. The number of benzene rings is 1. The topological polar surface area (TPSA) is 46.0 Å². The van der Waals surface area contributed by atoms with Crippen LogP contribution in [0.4, 0.5) is 0 Å². The second kappa shape index (κ2) is 6.59. The minimum absolute atomic E-state index is 0.472. The van der Waals surface area contributed by atoms with Gasteiger partial charge >= 0.3 is 0 Å². The van der Waals surface area contributed by atoms with Crippen molar-refractivity contribution in [2.75, 3.05) is 5.75 Å². The van der Waals surface area contributed by atoms with Crippen molar-refractivity contribution in [2.24, 2.45) is 0 Å². The molecule has 0 amide bonds. The molecule has 0 saturated carbocycles. The average Bonchev–Trinajstić information content (AvgIpc) is 2.99. The highest BCUT2D eigenvalue weighted by Crippen LogP contribution is 2.39. The van der Waals surface area contributed by atoms with Crippen LogP contribution in [0.1, 0.15) is 34.9 Å². The maximum Gasteiger partial charge on any atom is 0.128 e. The first kappa shape index (κ1) is 15.1. The van der Waals surface area contributed by atoms with Crippen LogP contribution in [-0.4, -0.2) is 20.8 Å². The summed E-state index contributed by atoms with van der Waals surface area (Å²) in [6, 6.07) is 9.82. The highest BCUT2D eigenvalue weighted by Gasteiger charge is 2.20. The van der Waals surface area contributed by atoms with E-state index in [1.165, 1.54) is 35.1 Å². The first-order chi connectivity index (χ1) is 11.3. The number of aromatic nitrogens is 2. The quantitative estimate of drug-likeness (QED) is 0.564. The normalized spacial score (nSPS) is 15.5. The van der Waals surface area contributed by atoms with E-state index in [0.717, 1.165) is 21.8 Å². The fourth-order valence-electron chi connectivity index (χ4n) is 3.10. The Balaban J connectivity index is 1.60. The van der Waals surface area contributed by atoms with Crippen molar-refractivity contribution >= 4 is 33.3 Å². The highest BCUT2D eigenvalue weighted by atomic mass is 32.2. The van der Waals surface area contributed by atoms with E-state index in [2.05, 4.69) is 9.97 Å². The molecule has 0 spiro atoms. The summed E-state index contributed by atoms with van der Waals surface area (Å²) in [5.41, 5.74) is 2.41. The Kier molecular flexibility index (Phi) is 4.33. The number of aryl methyl sites for hydroxylation is 2. The molecule has 0 fully saturated rings. The number of aliphatic hydroxyl groups is 1. The molecule has 4 rings (SSSR count). The van der Waals surface area contributed by atoms with E-state index in [1.54, 1.807) is 18.1 Å². The Hall–Kier alpha value is -1.43. The van der Waals surface area contributed by atoms with E-state index in [1.807, 2.05) is 41.7 Å². The minimum atomic E-state index is -0.472. The molecule has 0 saturated heterocycles. The summed E-state index contributed by atoms with van der Waals surface area (Å²) in [5, 5.41) is 12.6. The van der Waals surface area contributed by atoms with Crippen molar-refractivity contribution in [1.82, 2.24) is 9.97 Å². The van der Waals surface area contributed by atoms with E-state index >= 15 is 0 Å². The largest absolute Gasteiger partial charge is 0.388 e. The molecule has 2 aromatic heterocycles. The minimum Gasteiger partial charge on any atom is -0.388 e. The summed E-state index contributed by atoms with van der Waals surface area (Å²) < 4.78 is 0. The van der Waals surface area contributed by atoms with Crippen molar-refractivity contribution < 1.29 is 5.11 Å². The number of nitrogens with zero attached hydrogens (tertiary/aromatic N) is 2. The molecule has 1 aromatic carbocycles. The van der Waals surface area contributed by atoms with E-state index < -0.39 is 6.10 Å². The number of hydrogen-bond donors (Lipinski definition) is 1. The molecule has 3 aromatic rings. The van der Waals surface area contributed by atoms with Crippen molar-refractivity contribution in [3.63, 3.8) is 0 Å². The van der Waals surface area contributed by atoms with Gasteiger partial charge in [-0.1, -0.05) is 30.3 Å². The smallest absolute Gasteiger partial charge is 0.128 e. The molecule has 1 aliphatic carbocycles. The number of rotatable bonds is 4. The summed E-state index contributed by atoms with van der Waals surface area (Å²) in [4.78, 5) is 11.5. The Morgan fingerprint density at radius 1 is 1.13 bits per heavy atom. The van der Waals surface area contributed by atoms with Gasteiger partial charge in [0.15, 0.2) is 0 Å². The maximum absolute atomic E-state index is 10.4. The fraction of sp³-hybridized carbons (Fsp3) is 0.333. The van der Waals surface area contributed by atoms with Crippen molar-refractivity contribution in [1.29, 1.82) is 0 Å². The Morgan fingerprint density at radius 3 is 2.83 bits per heavy atom. The lowest BCUT2D eigenvalue weighted by Crippen LogP contribution is -2.02. The SMILES string of the molecule is O[C@H](CSc1ncnc2sc3c(c12)CCCC3)c1ccccc1. The molecule has 1 aliphatic rings. The van der Waals surface area contributed by atoms with Crippen molar-refractivity contribution in [3.8, 4) is 0 Å². The number of aliphatic hydroxyl groups excluding tert-OH is 1. The zero-order valence-corrected chi connectivity index (χ0v) is 14.4. The third kappa shape index (κ3) is 3.01. The second-order valence-corrected chi connectivity index (χ2v) is 7.90. The molecular formula is C18H18N2OS2. The van der Waals surface area contributed by atoms with Gasteiger partial charge in [0, 0.05) is 16.0 Å². The summed E-state index contributed by atoms with van der Waals surface area (Å²) in [7, 11) is 0. The van der Waals surface area contributed by atoms with Gasteiger partial charge in [-0.3, -0.25) is 0 Å². The molecule has 1 atom stereocenters. The predicted octanol–water partition coefficient (Wildman–Crippen LogP) is 4.40. The zero-order valence-electron chi connectivity index (χ0n) is 12.7. The fourth-order valence-corrected chi connectivity index (χ4v) is 5.39. The van der Waals surface area contributed by atoms with Crippen LogP contribution in [-0.2, 0) is 12.8 Å².